The minimum atomic E-state index is 0.490. The Labute approximate surface area is 98.8 Å². The number of pyridine rings is 1. The van der Waals surface area contributed by atoms with E-state index in [1.807, 2.05) is 6.92 Å². The van der Waals surface area contributed by atoms with Crippen LogP contribution in [0.3, 0.4) is 0 Å². The zero-order chi connectivity index (χ0) is 11.5. The van der Waals surface area contributed by atoms with Gasteiger partial charge in [-0.3, -0.25) is 4.98 Å². The van der Waals surface area contributed by atoms with Crippen molar-refractivity contribution in [2.45, 2.75) is 6.92 Å². The molecule has 0 unspecified atom stereocenters. The lowest BCUT2D eigenvalue weighted by Gasteiger charge is -2.08. The lowest BCUT2D eigenvalue weighted by atomic mass is 10.3. The Morgan fingerprint density at radius 1 is 1.31 bits per heavy atom. The Bertz CT molecular complexity index is 514. The summed E-state index contributed by atoms with van der Waals surface area (Å²) < 4.78 is 5.66. The molecule has 16 heavy (non-hydrogen) atoms. The van der Waals surface area contributed by atoms with E-state index in [0.29, 0.717) is 16.5 Å². The number of anilines is 1. The molecule has 1 heterocycles. The van der Waals surface area contributed by atoms with Gasteiger partial charge in [0.2, 0.25) is 0 Å². The summed E-state index contributed by atoms with van der Waals surface area (Å²) in [5, 5.41) is 0.490. The van der Waals surface area contributed by atoms with Crippen molar-refractivity contribution in [2.75, 3.05) is 5.73 Å². The summed E-state index contributed by atoms with van der Waals surface area (Å²) >= 11 is 5.90. The van der Waals surface area contributed by atoms with Crippen molar-refractivity contribution in [3.05, 3.63) is 47.2 Å². The van der Waals surface area contributed by atoms with Gasteiger partial charge in [-0.1, -0.05) is 11.6 Å². The van der Waals surface area contributed by atoms with Crippen molar-refractivity contribution in [3.63, 3.8) is 0 Å². The van der Waals surface area contributed by atoms with Crippen LogP contribution in [0.15, 0.2) is 36.7 Å². The standard InChI is InChI=1S/C12H11ClN2O/c1-8-7-15-5-4-12(8)16-9-2-3-11(14)10(13)6-9/h2-7H,14H2,1H3. The number of hydrogen-bond acceptors (Lipinski definition) is 3. The van der Waals surface area contributed by atoms with Crippen molar-refractivity contribution in [1.82, 2.24) is 4.98 Å². The minimum absolute atomic E-state index is 0.490. The normalized spacial score (nSPS) is 10.1. The molecule has 2 rings (SSSR count). The summed E-state index contributed by atoms with van der Waals surface area (Å²) in [4.78, 5) is 3.99. The topological polar surface area (TPSA) is 48.1 Å². The van der Waals surface area contributed by atoms with Crippen LogP contribution in [0.2, 0.25) is 5.02 Å². The quantitative estimate of drug-likeness (QED) is 0.810. The smallest absolute Gasteiger partial charge is 0.133 e. The number of halogens is 1. The number of ether oxygens (including phenoxy) is 1. The van der Waals surface area contributed by atoms with Gasteiger partial charge < -0.3 is 10.5 Å². The van der Waals surface area contributed by atoms with E-state index >= 15 is 0 Å². The number of rotatable bonds is 2. The van der Waals surface area contributed by atoms with Crippen molar-refractivity contribution in [3.8, 4) is 11.5 Å². The molecular formula is C12H11ClN2O. The van der Waals surface area contributed by atoms with Crippen LogP contribution < -0.4 is 10.5 Å². The molecule has 0 aliphatic heterocycles. The number of aromatic nitrogens is 1. The second-order valence-corrected chi connectivity index (χ2v) is 3.83. The van der Waals surface area contributed by atoms with E-state index in [4.69, 9.17) is 22.1 Å². The second-order valence-electron chi connectivity index (χ2n) is 3.43. The molecule has 4 heteroatoms. The van der Waals surface area contributed by atoms with E-state index in [1.165, 1.54) is 0 Å². The van der Waals surface area contributed by atoms with Crippen molar-refractivity contribution < 1.29 is 4.74 Å². The fourth-order valence-corrected chi connectivity index (χ4v) is 1.44. The van der Waals surface area contributed by atoms with Gasteiger partial charge in [0.25, 0.3) is 0 Å². The van der Waals surface area contributed by atoms with Crippen molar-refractivity contribution in [1.29, 1.82) is 0 Å². The Morgan fingerprint density at radius 3 is 2.81 bits per heavy atom. The third-order valence-electron chi connectivity index (χ3n) is 2.17. The number of nitrogen functional groups attached to an aromatic ring is 1. The first kappa shape index (κ1) is 10.8. The molecule has 0 aliphatic rings. The van der Waals surface area contributed by atoms with Crippen LogP contribution in [-0.4, -0.2) is 4.98 Å². The van der Waals surface area contributed by atoms with E-state index in [0.717, 1.165) is 11.3 Å². The lowest BCUT2D eigenvalue weighted by molar-refractivity contribution is 0.478. The molecule has 0 fully saturated rings. The van der Waals surface area contributed by atoms with Gasteiger partial charge in [-0.25, -0.2) is 0 Å². The molecule has 1 aromatic heterocycles. The third-order valence-corrected chi connectivity index (χ3v) is 2.50. The van der Waals surface area contributed by atoms with Gasteiger partial charge in [-0.05, 0) is 25.1 Å². The Kier molecular flexibility index (Phi) is 2.97. The Morgan fingerprint density at radius 2 is 2.12 bits per heavy atom. The van der Waals surface area contributed by atoms with Crippen LogP contribution in [0, 0.1) is 6.92 Å². The third kappa shape index (κ3) is 2.25. The summed E-state index contributed by atoms with van der Waals surface area (Å²) in [5.74, 6) is 1.42. The molecule has 0 atom stereocenters. The summed E-state index contributed by atoms with van der Waals surface area (Å²) in [6, 6.07) is 6.99. The summed E-state index contributed by atoms with van der Waals surface area (Å²) in [7, 11) is 0. The number of aryl methyl sites for hydroxylation is 1. The first-order chi connectivity index (χ1) is 7.66. The first-order valence-corrected chi connectivity index (χ1v) is 5.18. The van der Waals surface area contributed by atoms with Gasteiger partial charge in [0.15, 0.2) is 0 Å². The predicted octanol–water partition coefficient (Wildman–Crippen LogP) is 3.42. The number of nitrogens with two attached hydrogens (primary N) is 1. The van der Waals surface area contributed by atoms with Gasteiger partial charge in [0.1, 0.15) is 11.5 Å². The van der Waals surface area contributed by atoms with Crippen LogP contribution in [0.4, 0.5) is 5.69 Å². The van der Waals surface area contributed by atoms with Crippen LogP contribution in [0.1, 0.15) is 5.56 Å². The van der Waals surface area contributed by atoms with Gasteiger partial charge in [0, 0.05) is 24.0 Å². The molecule has 2 aromatic rings. The molecule has 0 amide bonds. The van der Waals surface area contributed by atoms with Gasteiger partial charge in [-0.2, -0.15) is 0 Å². The molecule has 0 saturated heterocycles. The summed E-state index contributed by atoms with van der Waals surface area (Å²) in [5.41, 5.74) is 7.12. The Hall–Kier alpha value is -1.74. The monoisotopic (exact) mass is 234 g/mol. The Balaban J connectivity index is 2.28. The van der Waals surface area contributed by atoms with E-state index in [1.54, 1.807) is 36.7 Å². The molecule has 3 nitrogen and oxygen atoms in total. The largest absolute Gasteiger partial charge is 0.457 e. The molecule has 2 N–H and O–H groups in total. The SMILES string of the molecule is Cc1cnccc1Oc1ccc(N)c(Cl)c1. The number of nitrogens with zero attached hydrogens (tertiary/aromatic N) is 1. The van der Waals surface area contributed by atoms with Gasteiger partial charge in [-0.15, -0.1) is 0 Å². The van der Waals surface area contributed by atoms with E-state index < -0.39 is 0 Å². The first-order valence-electron chi connectivity index (χ1n) is 4.80. The van der Waals surface area contributed by atoms with Gasteiger partial charge in [0.05, 0.1) is 10.7 Å². The van der Waals surface area contributed by atoms with E-state index in [2.05, 4.69) is 4.98 Å². The molecular weight excluding hydrogens is 224 g/mol. The molecule has 0 bridgehead atoms. The molecule has 0 saturated carbocycles. The molecule has 0 radical (unpaired) electrons. The van der Waals surface area contributed by atoms with Crippen LogP contribution in [-0.2, 0) is 0 Å². The highest BCUT2D eigenvalue weighted by molar-refractivity contribution is 6.33. The van der Waals surface area contributed by atoms with E-state index in [9.17, 15) is 0 Å². The molecule has 1 aromatic carbocycles. The maximum atomic E-state index is 5.90. The van der Waals surface area contributed by atoms with Crippen molar-refractivity contribution >= 4 is 17.3 Å². The fraction of sp³-hybridized carbons (Fsp3) is 0.0833. The zero-order valence-electron chi connectivity index (χ0n) is 8.77. The average molecular weight is 235 g/mol. The molecule has 0 spiro atoms. The highest BCUT2D eigenvalue weighted by Crippen LogP contribution is 2.29. The molecule has 0 aliphatic carbocycles. The highest BCUT2D eigenvalue weighted by Gasteiger charge is 2.03. The molecule has 82 valence electrons. The lowest BCUT2D eigenvalue weighted by Crippen LogP contribution is -1.90. The fourth-order valence-electron chi connectivity index (χ4n) is 1.27. The van der Waals surface area contributed by atoms with Gasteiger partial charge >= 0.3 is 0 Å². The summed E-state index contributed by atoms with van der Waals surface area (Å²) in [6.45, 7) is 1.93. The number of benzene rings is 1. The maximum Gasteiger partial charge on any atom is 0.133 e. The van der Waals surface area contributed by atoms with Crippen LogP contribution in [0.25, 0.3) is 0 Å². The number of hydrogen-bond donors (Lipinski definition) is 1. The van der Waals surface area contributed by atoms with Crippen LogP contribution in [0.5, 0.6) is 11.5 Å². The zero-order valence-corrected chi connectivity index (χ0v) is 9.53. The highest BCUT2D eigenvalue weighted by atomic mass is 35.5. The van der Waals surface area contributed by atoms with E-state index in [-0.39, 0.29) is 0 Å². The van der Waals surface area contributed by atoms with Crippen LogP contribution >= 0.6 is 11.6 Å². The second kappa shape index (κ2) is 4.41. The minimum Gasteiger partial charge on any atom is -0.457 e. The van der Waals surface area contributed by atoms with Crippen molar-refractivity contribution in [2.24, 2.45) is 0 Å². The maximum absolute atomic E-state index is 5.90. The summed E-state index contributed by atoms with van der Waals surface area (Å²) in [6.07, 6.45) is 3.43. The predicted molar refractivity (Wildman–Crippen MR) is 64.9 cm³/mol. The average Bonchev–Trinajstić information content (AvgIpc) is 2.27.